The van der Waals surface area contributed by atoms with E-state index in [4.69, 9.17) is 5.73 Å². The van der Waals surface area contributed by atoms with Gasteiger partial charge in [-0.25, -0.2) is 4.39 Å². The summed E-state index contributed by atoms with van der Waals surface area (Å²) in [4.78, 5) is 1.07. The van der Waals surface area contributed by atoms with Crippen LogP contribution in [0.1, 0.15) is 12.0 Å². The molecule has 0 saturated carbocycles. The first-order valence-corrected chi connectivity index (χ1v) is 7.82. The van der Waals surface area contributed by atoms with Gasteiger partial charge in [-0.1, -0.05) is 0 Å². The van der Waals surface area contributed by atoms with Crippen LogP contribution in [0.15, 0.2) is 46.0 Å². The first-order chi connectivity index (χ1) is 8.74. The summed E-state index contributed by atoms with van der Waals surface area (Å²) in [5, 5.41) is 4.26. The van der Waals surface area contributed by atoms with Crippen LogP contribution < -0.4 is 5.73 Å². The summed E-state index contributed by atoms with van der Waals surface area (Å²) in [5.41, 5.74) is 7.44. The van der Waals surface area contributed by atoms with Gasteiger partial charge in [0.2, 0.25) is 0 Å². The largest absolute Gasteiger partial charge is 0.327 e. The molecule has 0 fully saturated rings. The van der Waals surface area contributed by atoms with Gasteiger partial charge in [-0.15, -0.1) is 11.8 Å². The summed E-state index contributed by atoms with van der Waals surface area (Å²) in [6.45, 7) is 0. The Hall–Kier alpha value is -0.840. The minimum atomic E-state index is -0.193. The highest BCUT2D eigenvalue weighted by Crippen LogP contribution is 2.20. The third-order valence-electron chi connectivity index (χ3n) is 2.66. The molecule has 4 heteroatoms. The maximum Gasteiger partial charge on any atom is 0.123 e. The molecule has 1 aromatic heterocycles. The number of halogens is 1. The van der Waals surface area contributed by atoms with Crippen LogP contribution in [0.4, 0.5) is 4.39 Å². The maximum absolute atomic E-state index is 12.7. The standard InChI is InChI=1S/C14H16FNS2/c15-12-2-5-14(6-3-12)18-10-13(16)4-1-11-7-8-17-9-11/h2-3,5-9,13H,1,4,10,16H2. The summed E-state index contributed by atoms with van der Waals surface area (Å²) >= 11 is 3.41. The van der Waals surface area contributed by atoms with E-state index in [2.05, 4.69) is 16.8 Å². The molecule has 1 nitrogen and oxygen atoms in total. The van der Waals surface area contributed by atoms with E-state index in [1.54, 1.807) is 35.2 Å². The van der Waals surface area contributed by atoms with E-state index in [1.165, 1.54) is 17.7 Å². The number of thiophene rings is 1. The fraction of sp³-hybridized carbons (Fsp3) is 0.286. The highest BCUT2D eigenvalue weighted by Gasteiger charge is 2.05. The Kier molecular flexibility index (Phi) is 5.23. The van der Waals surface area contributed by atoms with Crippen molar-refractivity contribution >= 4 is 23.1 Å². The molecular formula is C14H16FNS2. The predicted molar refractivity (Wildman–Crippen MR) is 77.7 cm³/mol. The fourth-order valence-electron chi connectivity index (χ4n) is 1.60. The molecule has 0 spiro atoms. The van der Waals surface area contributed by atoms with Crippen molar-refractivity contribution in [3.63, 3.8) is 0 Å². The minimum absolute atomic E-state index is 0.181. The van der Waals surface area contributed by atoms with Crippen molar-refractivity contribution < 1.29 is 4.39 Å². The first kappa shape index (κ1) is 13.6. The molecule has 0 aliphatic heterocycles. The molecule has 0 aliphatic rings. The number of nitrogens with two attached hydrogens (primary N) is 1. The summed E-state index contributed by atoms with van der Waals surface area (Å²) in [7, 11) is 0. The van der Waals surface area contributed by atoms with Crippen LogP contribution in [0.25, 0.3) is 0 Å². The summed E-state index contributed by atoms with van der Waals surface area (Å²) in [6.07, 6.45) is 2.03. The zero-order valence-corrected chi connectivity index (χ0v) is 11.6. The van der Waals surface area contributed by atoms with Crippen molar-refractivity contribution in [2.24, 2.45) is 5.73 Å². The molecule has 0 aliphatic carbocycles. The molecule has 1 atom stereocenters. The van der Waals surface area contributed by atoms with E-state index in [0.717, 1.165) is 23.5 Å². The summed E-state index contributed by atoms with van der Waals surface area (Å²) < 4.78 is 12.7. The zero-order chi connectivity index (χ0) is 12.8. The molecule has 0 bridgehead atoms. The maximum atomic E-state index is 12.7. The summed E-state index contributed by atoms with van der Waals surface area (Å²) in [6, 6.07) is 8.89. The average molecular weight is 281 g/mol. The third kappa shape index (κ3) is 4.44. The Bertz CT molecular complexity index is 453. The van der Waals surface area contributed by atoms with Gasteiger partial charge in [-0.2, -0.15) is 11.3 Å². The molecule has 0 amide bonds. The van der Waals surface area contributed by atoms with E-state index in [0.29, 0.717) is 0 Å². The van der Waals surface area contributed by atoms with Crippen molar-refractivity contribution in [1.29, 1.82) is 0 Å². The highest BCUT2D eigenvalue weighted by molar-refractivity contribution is 7.99. The van der Waals surface area contributed by atoms with Crippen molar-refractivity contribution in [3.8, 4) is 0 Å². The number of aryl methyl sites for hydroxylation is 1. The van der Waals surface area contributed by atoms with Gasteiger partial charge < -0.3 is 5.73 Å². The molecule has 18 heavy (non-hydrogen) atoms. The van der Waals surface area contributed by atoms with E-state index in [1.807, 2.05) is 0 Å². The van der Waals surface area contributed by atoms with E-state index >= 15 is 0 Å². The van der Waals surface area contributed by atoms with Gasteiger partial charge in [0.1, 0.15) is 5.82 Å². The molecule has 0 saturated heterocycles. The Balaban J connectivity index is 1.71. The van der Waals surface area contributed by atoms with Gasteiger partial charge in [-0.05, 0) is 59.5 Å². The zero-order valence-electron chi connectivity index (χ0n) is 10.0. The van der Waals surface area contributed by atoms with Crippen molar-refractivity contribution in [1.82, 2.24) is 0 Å². The normalized spacial score (nSPS) is 12.6. The quantitative estimate of drug-likeness (QED) is 0.812. The molecule has 2 aromatic rings. The average Bonchev–Trinajstić information content (AvgIpc) is 2.89. The van der Waals surface area contributed by atoms with Gasteiger partial charge in [0, 0.05) is 16.7 Å². The SMILES string of the molecule is NC(CCc1ccsc1)CSc1ccc(F)cc1. The van der Waals surface area contributed by atoms with Crippen LogP contribution >= 0.6 is 23.1 Å². The van der Waals surface area contributed by atoms with Gasteiger partial charge in [0.15, 0.2) is 0 Å². The van der Waals surface area contributed by atoms with Gasteiger partial charge >= 0.3 is 0 Å². The molecule has 2 N–H and O–H groups in total. The Morgan fingerprint density at radius 1 is 1.22 bits per heavy atom. The lowest BCUT2D eigenvalue weighted by Gasteiger charge is -2.10. The van der Waals surface area contributed by atoms with Crippen LogP contribution in [0.5, 0.6) is 0 Å². The molecule has 2 rings (SSSR count). The number of thioether (sulfide) groups is 1. The number of rotatable bonds is 6. The van der Waals surface area contributed by atoms with E-state index < -0.39 is 0 Å². The van der Waals surface area contributed by atoms with Crippen LogP contribution in [-0.2, 0) is 6.42 Å². The van der Waals surface area contributed by atoms with Crippen molar-refractivity contribution in [2.75, 3.05) is 5.75 Å². The number of hydrogen-bond acceptors (Lipinski definition) is 3. The molecule has 1 aromatic carbocycles. The lowest BCUT2D eigenvalue weighted by Crippen LogP contribution is -2.23. The van der Waals surface area contributed by atoms with Crippen LogP contribution in [-0.4, -0.2) is 11.8 Å². The predicted octanol–water partition coefficient (Wildman–Crippen LogP) is 3.94. The highest BCUT2D eigenvalue weighted by atomic mass is 32.2. The van der Waals surface area contributed by atoms with Crippen LogP contribution in [0, 0.1) is 5.82 Å². The Morgan fingerprint density at radius 2 is 2.00 bits per heavy atom. The summed E-state index contributed by atoms with van der Waals surface area (Å²) in [5.74, 6) is 0.677. The van der Waals surface area contributed by atoms with Gasteiger partial charge in [0.25, 0.3) is 0 Å². The molecular weight excluding hydrogens is 265 g/mol. The van der Waals surface area contributed by atoms with Crippen LogP contribution in [0.3, 0.4) is 0 Å². The van der Waals surface area contributed by atoms with Gasteiger partial charge in [-0.3, -0.25) is 0 Å². The number of benzene rings is 1. The Morgan fingerprint density at radius 3 is 2.67 bits per heavy atom. The van der Waals surface area contributed by atoms with Crippen molar-refractivity contribution in [2.45, 2.75) is 23.8 Å². The Labute approximate surface area is 115 Å². The van der Waals surface area contributed by atoms with Crippen LogP contribution in [0.2, 0.25) is 0 Å². The molecule has 0 radical (unpaired) electrons. The first-order valence-electron chi connectivity index (χ1n) is 5.89. The monoisotopic (exact) mass is 281 g/mol. The number of hydrogen-bond donors (Lipinski definition) is 1. The molecule has 1 unspecified atom stereocenters. The van der Waals surface area contributed by atoms with E-state index in [-0.39, 0.29) is 11.9 Å². The fourth-order valence-corrected chi connectivity index (χ4v) is 3.21. The molecule has 1 heterocycles. The van der Waals surface area contributed by atoms with Crippen molar-refractivity contribution in [3.05, 3.63) is 52.5 Å². The minimum Gasteiger partial charge on any atom is -0.327 e. The second-order valence-electron chi connectivity index (χ2n) is 4.20. The topological polar surface area (TPSA) is 26.0 Å². The van der Waals surface area contributed by atoms with Gasteiger partial charge in [0.05, 0.1) is 0 Å². The smallest absolute Gasteiger partial charge is 0.123 e. The third-order valence-corrected chi connectivity index (χ3v) is 4.59. The lowest BCUT2D eigenvalue weighted by molar-refractivity contribution is 0.626. The lowest BCUT2D eigenvalue weighted by atomic mass is 10.1. The van der Waals surface area contributed by atoms with E-state index in [9.17, 15) is 4.39 Å². The second-order valence-corrected chi connectivity index (χ2v) is 6.07. The second kappa shape index (κ2) is 6.92. The molecule has 96 valence electrons.